The molecule has 1 unspecified atom stereocenters. The van der Waals surface area contributed by atoms with Gasteiger partial charge in [-0.3, -0.25) is 4.79 Å². The van der Waals surface area contributed by atoms with Crippen LogP contribution >= 0.6 is 0 Å². The molecule has 7 heteroatoms. The highest BCUT2D eigenvalue weighted by Crippen LogP contribution is 2.33. The van der Waals surface area contributed by atoms with Crippen LogP contribution in [-0.4, -0.2) is 63.7 Å². The Morgan fingerprint density at radius 2 is 1.59 bits per heavy atom. The van der Waals surface area contributed by atoms with Gasteiger partial charge in [0.15, 0.2) is 0 Å². The molecule has 0 radical (unpaired) electrons. The molecule has 3 aromatic carbocycles. The number of para-hydroxylation sites is 2. The third-order valence-corrected chi connectivity index (χ3v) is 7.75. The summed E-state index contributed by atoms with van der Waals surface area (Å²) in [6.07, 6.45) is 5.04. The Bertz CT molecular complexity index is 1450. The summed E-state index contributed by atoms with van der Waals surface area (Å²) in [6.45, 7) is 4.00. The van der Waals surface area contributed by atoms with Crippen LogP contribution in [0.5, 0.6) is 0 Å². The van der Waals surface area contributed by atoms with Crippen LogP contribution in [0.3, 0.4) is 0 Å². The van der Waals surface area contributed by atoms with E-state index in [-0.39, 0.29) is 25.0 Å². The molecule has 2 heterocycles. The molecule has 2 N–H and O–H groups in total. The number of anilines is 1. The van der Waals surface area contributed by atoms with Crippen LogP contribution in [0.2, 0.25) is 0 Å². The van der Waals surface area contributed by atoms with Crippen molar-refractivity contribution in [2.24, 2.45) is 0 Å². The largest absolute Gasteiger partial charge is 0.465 e. The lowest BCUT2D eigenvalue weighted by molar-refractivity contribution is 0.0451. The van der Waals surface area contributed by atoms with Gasteiger partial charge in [0.2, 0.25) is 0 Å². The fraction of sp³-hybridized carbons (Fsp3) is 0.294. The van der Waals surface area contributed by atoms with E-state index < -0.39 is 6.09 Å². The van der Waals surface area contributed by atoms with E-state index in [1.165, 1.54) is 11.3 Å². The van der Waals surface area contributed by atoms with Crippen molar-refractivity contribution < 1.29 is 14.7 Å². The summed E-state index contributed by atoms with van der Waals surface area (Å²) in [5.74, 6) is -0.0815. The first-order chi connectivity index (χ1) is 20.1. The molecule has 2 amide bonds. The molecule has 0 saturated carbocycles. The molecule has 1 saturated heterocycles. The average Bonchev–Trinajstić information content (AvgIpc) is 3.45. The topological polar surface area (TPSA) is 77.8 Å². The molecule has 1 aromatic heterocycles. The Kier molecular flexibility index (Phi) is 9.04. The highest BCUT2D eigenvalue weighted by atomic mass is 16.4. The van der Waals surface area contributed by atoms with Crippen LogP contribution in [0.25, 0.3) is 16.9 Å². The van der Waals surface area contributed by atoms with Gasteiger partial charge in [0.05, 0.1) is 28.7 Å². The second kappa shape index (κ2) is 13.2. The summed E-state index contributed by atoms with van der Waals surface area (Å²) >= 11 is 0. The van der Waals surface area contributed by atoms with Crippen LogP contribution in [0.15, 0.2) is 97.2 Å². The van der Waals surface area contributed by atoms with Crippen molar-refractivity contribution in [3.63, 3.8) is 0 Å². The number of aromatic nitrogens is 1. The van der Waals surface area contributed by atoms with E-state index in [1.54, 1.807) is 0 Å². The summed E-state index contributed by atoms with van der Waals surface area (Å²) in [7, 11) is 0. The number of piperazine rings is 1. The van der Waals surface area contributed by atoms with Crippen molar-refractivity contribution in [2.45, 2.75) is 38.6 Å². The van der Waals surface area contributed by atoms with E-state index >= 15 is 0 Å². The minimum Gasteiger partial charge on any atom is -0.465 e. The van der Waals surface area contributed by atoms with Gasteiger partial charge in [-0.25, -0.2) is 4.79 Å². The summed E-state index contributed by atoms with van der Waals surface area (Å²) in [5.41, 5.74) is 5.47. The number of carbonyl (C=O) groups is 2. The Morgan fingerprint density at radius 3 is 2.32 bits per heavy atom. The number of carbonyl (C=O) groups excluding carboxylic acids is 1. The lowest BCUT2D eigenvalue weighted by Crippen LogP contribution is -2.57. The van der Waals surface area contributed by atoms with Gasteiger partial charge in [0.1, 0.15) is 0 Å². The van der Waals surface area contributed by atoms with Crippen molar-refractivity contribution in [2.75, 3.05) is 31.5 Å². The first-order valence-electron chi connectivity index (χ1n) is 14.5. The molecule has 0 bridgehead atoms. The highest BCUT2D eigenvalue weighted by Gasteiger charge is 2.34. The fourth-order valence-electron chi connectivity index (χ4n) is 5.64. The number of hydrogen-bond acceptors (Lipinski definition) is 3. The van der Waals surface area contributed by atoms with E-state index in [1.807, 2.05) is 90.0 Å². The monoisotopic (exact) mass is 550 g/mol. The molecular weight excluding hydrogens is 512 g/mol. The average molecular weight is 551 g/mol. The molecule has 41 heavy (non-hydrogen) atoms. The number of rotatable bonds is 10. The normalized spacial score (nSPS) is 15.1. The van der Waals surface area contributed by atoms with Crippen LogP contribution in [-0.2, 0) is 6.42 Å². The summed E-state index contributed by atoms with van der Waals surface area (Å²) in [6, 6.07) is 29.8. The maximum atomic E-state index is 14.4. The van der Waals surface area contributed by atoms with E-state index in [0.29, 0.717) is 18.5 Å². The van der Waals surface area contributed by atoms with Gasteiger partial charge in [0, 0.05) is 32.4 Å². The number of hydrogen-bond donors (Lipinski definition) is 2. The number of amides is 2. The first-order valence-corrected chi connectivity index (χ1v) is 14.5. The van der Waals surface area contributed by atoms with Gasteiger partial charge in [-0.15, -0.1) is 0 Å². The molecule has 4 aromatic rings. The minimum absolute atomic E-state index is 0.0815. The highest BCUT2D eigenvalue weighted by molar-refractivity contribution is 6.01. The van der Waals surface area contributed by atoms with E-state index in [4.69, 9.17) is 0 Å². The fourth-order valence-corrected chi connectivity index (χ4v) is 5.64. The maximum absolute atomic E-state index is 14.4. The van der Waals surface area contributed by atoms with Crippen molar-refractivity contribution >= 4 is 17.7 Å². The second-order valence-corrected chi connectivity index (χ2v) is 10.5. The number of carboxylic acid groups (broad SMARTS) is 1. The minimum atomic E-state index is -0.950. The zero-order chi connectivity index (χ0) is 28.6. The number of nitrogens with one attached hydrogen (secondary N) is 1. The van der Waals surface area contributed by atoms with Gasteiger partial charge in [-0.1, -0.05) is 92.6 Å². The Morgan fingerprint density at radius 1 is 0.878 bits per heavy atom. The molecule has 5 rings (SSSR count). The van der Waals surface area contributed by atoms with Gasteiger partial charge < -0.3 is 24.8 Å². The van der Waals surface area contributed by atoms with Crippen molar-refractivity contribution in [1.29, 1.82) is 0 Å². The number of unbranched alkanes of at least 4 members (excludes halogenated alkanes) is 2. The quantitative estimate of drug-likeness (QED) is 0.213. The van der Waals surface area contributed by atoms with E-state index in [0.717, 1.165) is 47.6 Å². The first kappa shape index (κ1) is 28.0. The molecule has 212 valence electrons. The third kappa shape index (κ3) is 6.46. The maximum Gasteiger partial charge on any atom is 0.407 e. The van der Waals surface area contributed by atoms with Crippen LogP contribution in [0, 0.1) is 0 Å². The molecule has 1 aliphatic heterocycles. The Hall–Kier alpha value is -4.52. The lowest BCUT2D eigenvalue weighted by atomic mass is 10.00. The number of benzene rings is 3. The predicted octanol–water partition coefficient (Wildman–Crippen LogP) is 6.79. The van der Waals surface area contributed by atoms with Gasteiger partial charge >= 0.3 is 6.09 Å². The van der Waals surface area contributed by atoms with Crippen LogP contribution in [0.1, 0.15) is 42.1 Å². The molecular formula is C34H38N4O3. The number of nitrogens with zero attached hydrogens (tertiary/aromatic N) is 3. The standard InChI is InChI=1S/C34H38N4O3/c1-2-3-12-20-35-30-17-10-11-18-31(30)38-21-19-29(32(38)27-15-8-5-9-16-27)33(39)37-23-22-36(34(40)41)25-28(37)24-26-13-6-4-7-14-26/h4-11,13-19,21,28,35H,2-3,12,20,22-25H2,1H3,(H,40,41). The van der Waals surface area contributed by atoms with Crippen molar-refractivity contribution in [1.82, 2.24) is 14.4 Å². The smallest absolute Gasteiger partial charge is 0.407 e. The van der Waals surface area contributed by atoms with Gasteiger partial charge in [-0.05, 0) is 42.2 Å². The van der Waals surface area contributed by atoms with Crippen molar-refractivity contribution in [3.8, 4) is 16.9 Å². The molecule has 1 fully saturated rings. The van der Waals surface area contributed by atoms with E-state index in [9.17, 15) is 14.7 Å². The molecule has 0 aliphatic carbocycles. The summed E-state index contributed by atoms with van der Waals surface area (Å²) in [5, 5.41) is 13.3. The van der Waals surface area contributed by atoms with E-state index in [2.05, 4.69) is 28.9 Å². The lowest BCUT2D eigenvalue weighted by Gasteiger charge is -2.40. The van der Waals surface area contributed by atoms with Crippen molar-refractivity contribution in [3.05, 3.63) is 108 Å². The molecule has 7 nitrogen and oxygen atoms in total. The van der Waals surface area contributed by atoms with Gasteiger partial charge in [-0.2, -0.15) is 0 Å². The zero-order valence-corrected chi connectivity index (χ0v) is 23.6. The second-order valence-electron chi connectivity index (χ2n) is 10.5. The Labute approximate surface area is 242 Å². The van der Waals surface area contributed by atoms with Crippen LogP contribution < -0.4 is 5.32 Å². The summed E-state index contributed by atoms with van der Waals surface area (Å²) in [4.78, 5) is 29.5. The SMILES string of the molecule is CCCCCNc1ccccc1-n1ccc(C(=O)N2CCN(C(=O)O)CC2Cc2ccccc2)c1-c1ccccc1. The Balaban J connectivity index is 1.52. The summed E-state index contributed by atoms with van der Waals surface area (Å²) < 4.78 is 2.10. The zero-order valence-electron chi connectivity index (χ0n) is 23.6. The molecule has 0 spiro atoms. The third-order valence-electron chi connectivity index (χ3n) is 7.75. The predicted molar refractivity (Wildman–Crippen MR) is 164 cm³/mol. The van der Waals surface area contributed by atoms with Crippen LogP contribution in [0.4, 0.5) is 10.5 Å². The van der Waals surface area contributed by atoms with Gasteiger partial charge in [0.25, 0.3) is 5.91 Å². The molecule has 1 aliphatic rings. The molecule has 1 atom stereocenters.